The molecule has 0 N–H and O–H groups in total. The van der Waals surface area contributed by atoms with Crippen LogP contribution in [0.3, 0.4) is 0 Å². The Morgan fingerprint density at radius 2 is 2.00 bits per heavy atom. The first-order valence-electron chi connectivity index (χ1n) is 5.63. The molecule has 0 saturated carbocycles. The molecule has 0 saturated heterocycles. The molecule has 0 unspecified atom stereocenters. The van der Waals surface area contributed by atoms with E-state index >= 15 is 0 Å². The van der Waals surface area contributed by atoms with E-state index < -0.39 is 30.0 Å². The summed E-state index contributed by atoms with van der Waals surface area (Å²) in [6.07, 6.45) is -2.70. The summed E-state index contributed by atoms with van der Waals surface area (Å²) in [5, 5.41) is 11.3. The zero-order valence-corrected chi connectivity index (χ0v) is 16.2. The molecule has 0 radical (unpaired) electrons. The van der Waals surface area contributed by atoms with E-state index in [0.717, 1.165) is 6.07 Å². The van der Waals surface area contributed by atoms with Gasteiger partial charge in [0.15, 0.2) is 0 Å². The molecular weight excluding hydrogens is 508 g/mol. The zero-order chi connectivity index (χ0) is 16.9. The van der Waals surface area contributed by atoms with E-state index in [2.05, 4.69) is 31.2 Å². The van der Waals surface area contributed by atoms with Crippen molar-refractivity contribution in [3.8, 4) is 10.1 Å². The van der Waals surface area contributed by atoms with Crippen LogP contribution in [0.25, 0.3) is 15.6 Å². The Morgan fingerprint density at radius 3 is 2.57 bits per heavy atom. The number of alkyl halides is 2. The fourth-order valence-corrected chi connectivity index (χ4v) is 5.33. The third-order valence-corrected chi connectivity index (χ3v) is 6.89. The van der Waals surface area contributed by atoms with Crippen LogP contribution in [0.15, 0.2) is 21.6 Å². The maximum absolute atomic E-state index is 12.7. The Morgan fingerprint density at radius 1 is 1.30 bits per heavy atom. The molecule has 0 atom stereocenters. The number of aromatic nitrogens is 4. The normalized spacial score (nSPS) is 12.4. The van der Waals surface area contributed by atoms with Crippen LogP contribution in [-0.2, 0) is 9.05 Å². The molecule has 0 amide bonds. The van der Waals surface area contributed by atoms with Crippen LogP contribution in [0.5, 0.6) is 0 Å². The molecule has 3 rings (SSSR count). The summed E-state index contributed by atoms with van der Waals surface area (Å²) >= 11 is 8.41. The van der Waals surface area contributed by atoms with Crippen molar-refractivity contribution in [2.75, 3.05) is 0 Å². The van der Waals surface area contributed by atoms with Gasteiger partial charge in [-0.3, -0.25) is 0 Å². The second-order valence-electron chi connectivity index (χ2n) is 4.16. The molecule has 0 spiro atoms. The van der Waals surface area contributed by atoms with Gasteiger partial charge in [-0.25, -0.2) is 0 Å². The Labute approximate surface area is 151 Å². The van der Waals surface area contributed by atoms with Gasteiger partial charge in [0.05, 0.1) is 0 Å². The number of rotatable bonds is 3. The third kappa shape index (κ3) is 3.18. The summed E-state index contributed by atoms with van der Waals surface area (Å²) in [6.45, 7) is 0. The van der Waals surface area contributed by atoms with E-state index in [1.54, 1.807) is 0 Å². The first kappa shape index (κ1) is 17.2. The molecule has 13 heteroatoms. The molecule has 0 fully saturated rings. The van der Waals surface area contributed by atoms with E-state index in [0.29, 0.717) is 5.56 Å². The standard InChI is InChI=1S/C10H3BrCl2F2N4O2SSe/c11-7-6(9-16-17-10(23-9)8(14)15)4-1-3(22(13,20)21)2-5(12)19(4)18-7/h1-2,8H. The van der Waals surface area contributed by atoms with Crippen LogP contribution >= 0.6 is 38.2 Å². The van der Waals surface area contributed by atoms with Crippen molar-refractivity contribution in [1.29, 1.82) is 0 Å². The average Bonchev–Trinajstić information content (AvgIpc) is 3.01. The van der Waals surface area contributed by atoms with Crippen molar-refractivity contribution < 1.29 is 17.2 Å². The number of hydrogen-bond acceptors (Lipinski definition) is 5. The van der Waals surface area contributed by atoms with Crippen molar-refractivity contribution in [2.45, 2.75) is 11.3 Å². The maximum atomic E-state index is 12.7. The predicted octanol–water partition coefficient (Wildman–Crippen LogP) is 3.13. The summed E-state index contributed by atoms with van der Waals surface area (Å²) < 4.78 is 50.0. The van der Waals surface area contributed by atoms with Crippen LogP contribution in [-0.4, -0.2) is 42.7 Å². The number of hydrogen-bond donors (Lipinski definition) is 0. The van der Waals surface area contributed by atoms with Gasteiger partial charge >= 0.3 is 152 Å². The summed E-state index contributed by atoms with van der Waals surface area (Å²) in [5.74, 6) is 0. The number of halogens is 5. The molecule has 3 heterocycles. The van der Waals surface area contributed by atoms with Crippen LogP contribution in [0.1, 0.15) is 11.0 Å². The Hall–Kier alpha value is -0.581. The second-order valence-corrected chi connectivity index (χ2v) is 9.98. The first-order valence-corrected chi connectivity index (χ1v) is 10.8. The van der Waals surface area contributed by atoms with Crippen molar-refractivity contribution in [2.24, 2.45) is 0 Å². The van der Waals surface area contributed by atoms with Crippen LogP contribution < -0.4 is 0 Å². The number of pyridine rings is 1. The predicted molar refractivity (Wildman–Crippen MR) is 83.9 cm³/mol. The topological polar surface area (TPSA) is 77.2 Å². The SMILES string of the molecule is O=S(=O)(Cl)c1cc(Cl)n2nc(Br)c(-c3nnc(C(F)F)[se]3)c2c1. The molecule has 23 heavy (non-hydrogen) atoms. The van der Waals surface area contributed by atoms with E-state index in [1.807, 2.05) is 0 Å². The molecule has 0 bridgehead atoms. The molecule has 3 aromatic rings. The summed E-state index contributed by atoms with van der Waals surface area (Å²) in [6, 6.07) is 2.39. The van der Waals surface area contributed by atoms with Gasteiger partial charge in [-0.2, -0.15) is 0 Å². The minimum atomic E-state index is -4.02. The molecule has 0 aliphatic rings. The van der Waals surface area contributed by atoms with Gasteiger partial charge in [0.1, 0.15) is 0 Å². The minimum absolute atomic E-state index is 0.00484. The fourth-order valence-electron chi connectivity index (χ4n) is 1.82. The van der Waals surface area contributed by atoms with Crippen LogP contribution in [0.4, 0.5) is 8.78 Å². The fraction of sp³-hybridized carbons (Fsp3) is 0.100. The van der Waals surface area contributed by atoms with Gasteiger partial charge in [-0.1, -0.05) is 0 Å². The molecule has 3 aromatic heterocycles. The van der Waals surface area contributed by atoms with E-state index in [4.69, 9.17) is 22.3 Å². The average molecular weight is 511 g/mol. The van der Waals surface area contributed by atoms with Gasteiger partial charge in [0, 0.05) is 0 Å². The van der Waals surface area contributed by atoms with Gasteiger partial charge in [0.2, 0.25) is 0 Å². The van der Waals surface area contributed by atoms with Crippen LogP contribution in [0, 0.1) is 0 Å². The summed E-state index contributed by atoms with van der Waals surface area (Å²) in [5.41, 5.74) is 0.628. The van der Waals surface area contributed by atoms with Crippen molar-refractivity contribution >= 4 is 67.3 Å². The molecule has 0 aliphatic carbocycles. The van der Waals surface area contributed by atoms with Gasteiger partial charge in [-0.05, 0) is 0 Å². The van der Waals surface area contributed by atoms with E-state index in [-0.39, 0.29) is 29.3 Å². The quantitative estimate of drug-likeness (QED) is 0.307. The zero-order valence-electron chi connectivity index (χ0n) is 10.5. The van der Waals surface area contributed by atoms with Crippen molar-refractivity contribution in [3.63, 3.8) is 0 Å². The van der Waals surface area contributed by atoms with Gasteiger partial charge in [0.25, 0.3) is 0 Å². The monoisotopic (exact) mass is 510 g/mol. The summed E-state index contributed by atoms with van der Waals surface area (Å²) in [7, 11) is 1.31. The van der Waals surface area contributed by atoms with Gasteiger partial charge in [-0.15, -0.1) is 0 Å². The molecule has 0 aromatic carbocycles. The molecule has 6 nitrogen and oxygen atoms in total. The van der Waals surface area contributed by atoms with Crippen molar-refractivity contribution in [3.05, 3.63) is 26.5 Å². The van der Waals surface area contributed by atoms with E-state index in [1.165, 1.54) is 10.6 Å². The Balaban J connectivity index is 2.31. The molecule has 0 aliphatic heterocycles. The Kier molecular flexibility index (Phi) is 4.54. The Bertz CT molecular complexity index is 1020. The van der Waals surface area contributed by atoms with E-state index in [9.17, 15) is 17.2 Å². The number of fused-ring (bicyclic) bond motifs is 1. The van der Waals surface area contributed by atoms with Crippen molar-refractivity contribution in [1.82, 2.24) is 19.8 Å². The first-order chi connectivity index (χ1) is 10.7. The number of nitrogens with zero attached hydrogens (tertiary/aromatic N) is 4. The summed E-state index contributed by atoms with van der Waals surface area (Å²) in [4.78, 5) is -0.230. The molecular formula is C10H3BrCl2F2N4O2SSe. The second kappa shape index (κ2) is 6.05. The molecule has 122 valence electrons. The third-order valence-electron chi connectivity index (χ3n) is 2.74. The van der Waals surface area contributed by atoms with Gasteiger partial charge < -0.3 is 0 Å². The van der Waals surface area contributed by atoms with Crippen LogP contribution in [0.2, 0.25) is 5.15 Å².